The van der Waals surface area contributed by atoms with E-state index in [9.17, 15) is 0 Å². The van der Waals surface area contributed by atoms with E-state index in [-0.39, 0.29) is 0 Å². The van der Waals surface area contributed by atoms with Crippen LogP contribution in [0.1, 0.15) is 32.1 Å². The highest BCUT2D eigenvalue weighted by molar-refractivity contribution is 7.18. The molecule has 5 heteroatoms. The summed E-state index contributed by atoms with van der Waals surface area (Å²) in [6.45, 7) is 6.28. The molecular formula is C12H16ClN3S. The monoisotopic (exact) mass is 269 g/mol. The van der Waals surface area contributed by atoms with Gasteiger partial charge in [-0.25, -0.2) is 9.97 Å². The fourth-order valence-electron chi connectivity index (χ4n) is 1.63. The molecule has 2 aromatic heterocycles. The van der Waals surface area contributed by atoms with Crippen molar-refractivity contribution in [2.45, 2.75) is 39.7 Å². The smallest absolute Gasteiger partial charge is 0.225 e. The Morgan fingerprint density at radius 1 is 1.41 bits per heavy atom. The molecule has 2 rings (SSSR count). The van der Waals surface area contributed by atoms with Gasteiger partial charge < -0.3 is 5.32 Å². The van der Waals surface area contributed by atoms with Crippen molar-refractivity contribution in [3.63, 3.8) is 0 Å². The molecule has 0 bridgehead atoms. The molecule has 0 unspecified atom stereocenters. The number of aryl methyl sites for hydroxylation is 1. The van der Waals surface area contributed by atoms with Gasteiger partial charge in [-0.15, -0.1) is 11.3 Å². The minimum atomic E-state index is 0.304. The second-order valence-corrected chi connectivity index (χ2v) is 5.79. The van der Waals surface area contributed by atoms with Crippen molar-refractivity contribution < 1.29 is 0 Å². The molecule has 0 fully saturated rings. The minimum absolute atomic E-state index is 0.304. The summed E-state index contributed by atoms with van der Waals surface area (Å²) in [5.74, 6) is 0.613. The molecule has 2 heterocycles. The van der Waals surface area contributed by atoms with Gasteiger partial charge in [0.2, 0.25) is 5.95 Å². The first kappa shape index (κ1) is 12.6. The molecule has 0 atom stereocenters. The van der Waals surface area contributed by atoms with Crippen LogP contribution in [0, 0.1) is 0 Å². The van der Waals surface area contributed by atoms with Gasteiger partial charge in [0.15, 0.2) is 0 Å². The van der Waals surface area contributed by atoms with Crippen LogP contribution in [0.5, 0.6) is 0 Å². The van der Waals surface area contributed by atoms with Crippen molar-refractivity contribution in [3.05, 3.63) is 16.1 Å². The summed E-state index contributed by atoms with van der Waals surface area (Å²) in [6.07, 6.45) is 2.21. The zero-order valence-electron chi connectivity index (χ0n) is 10.2. The number of nitrogens with zero attached hydrogens (tertiary/aromatic N) is 2. The lowest BCUT2D eigenvalue weighted by Crippen LogP contribution is -2.12. The van der Waals surface area contributed by atoms with Crippen molar-refractivity contribution in [2.75, 3.05) is 5.32 Å². The molecule has 0 aliphatic heterocycles. The summed E-state index contributed by atoms with van der Waals surface area (Å²) in [6, 6.07) is 2.41. The van der Waals surface area contributed by atoms with Crippen LogP contribution in [0.4, 0.5) is 5.95 Å². The van der Waals surface area contributed by atoms with Crippen LogP contribution < -0.4 is 5.32 Å². The first-order valence-corrected chi connectivity index (χ1v) is 7.02. The van der Waals surface area contributed by atoms with Crippen LogP contribution in [0.25, 0.3) is 10.2 Å². The lowest BCUT2D eigenvalue weighted by Gasteiger charge is -2.07. The summed E-state index contributed by atoms with van der Waals surface area (Å²) in [4.78, 5) is 11.0. The van der Waals surface area contributed by atoms with Gasteiger partial charge in [-0.2, -0.15) is 0 Å². The maximum atomic E-state index is 6.17. The van der Waals surface area contributed by atoms with Crippen LogP contribution in [0.3, 0.4) is 0 Å². The molecule has 0 saturated carbocycles. The highest BCUT2D eigenvalue weighted by Crippen LogP contribution is 2.30. The number of hydrogen-bond donors (Lipinski definition) is 1. The second-order valence-electron chi connectivity index (χ2n) is 4.32. The van der Waals surface area contributed by atoms with E-state index >= 15 is 0 Å². The number of nitrogens with one attached hydrogen (secondary N) is 1. The molecule has 0 spiro atoms. The maximum Gasteiger partial charge on any atom is 0.225 e. The Labute approximate surface area is 110 Å². The molecule has 17 heavy (non-hydrogen) atoms. The molecule has 0 saturated heterocycles. The normalized spacial score (nSPS) is 11.4. The standard InChI is InChI=1S/C12H16ClN3S/c1-4-5-8-6-9-10(13)15-12(14-7(2)3)16-11(9)17-8/h6-7H,4-5H2,1-3H3,(H,14,15,16). The largest absolute Gasteiger partial charge is 0.352 e. The van der Waals surface area contributed by atoms with Crippen LogP contribution in [0.15, 0.2) is 6.07 Å². The maximum absolute atomic E-state index is 6.17. The summed E-state index contributed by atoms with van der Waals surface area (Å²) in [5.41, 5.74) is 0. The van der Waals surface area contributed by atoms with Gasteiger partial charge in [0.1, 0.15) is 9.98 Å². The predicted octanol–water partition coefficient (Wildman–Crippen LogP) is 4.12. The topological polar surface area (TPSA) is 37.8 Å². The van der Waals surface area contributed by atoms with Crippen LogP contribution in [-0.2, 0) is 6.42 Å². The Balaban J connectivity index is 2.42. The SMILES string of the molecule is CCCc1cc2c(Cl)nc(NC(C)C)nc2s1. The van der Waals surface area contributed by atoms with E-state index in [1.165, 1.54) is 4.88 Å². The van der Waals surface area contributed by atoms with Crippen molar-refractivity contribution in [3.8, 4) is 0 Å². The van der Waals surface area contributed by atoms with E-state index in [1.54, 1.807) is 11.3 Å². The molecule has 0 aliphatic carbocycles. The van der Waals surface area contributed by atoms with Crippen molar-refractivity contribution in [1.82, 2.24) is 9.97 Å². The van der Waals surface area contributed by atoms with E-state index < -0.39 is 0 Å². The van der Waals surface area contributed by atoms with Crippen LogP contribution in [-0.4, -0.2) is 16.0 Å². The summed E-state index contributed by atoms with van der Waals surface area (Å²) >= 11 is 7.88. The van der Waals surface area contributed by atoms with Crippen molar-refractivity contribution >= 4 is 39.1 Å². The molecular weight excluding hydrogens is 254 g/mol. The van der Waals surface area contributed by atoms with Gasteiger partial charge in [0.25, 0.3) is 0 Å². The molecule has 2 aromatic rings. The van der Waals surface area contributed by atoms with Crippen LogP contribution in [0.2, 0.25) is 5.15 Å². The Morgan fingerprint density at radius 2 is 2.18 bits per heavy atom. The zero-order valence-corrected chi connectivity index (χ0v) is 11.8. The number of anilines is 1. The zero-order chi connectivity index (χ0) is 12.4. The van der Waals surface area contributed by atoms with Gasteiger partial charge in [0.05, 0.1) is 0 Å². The quantitative estimate of drug-likeness (QED) is 0.849. The van der Waals surface area contributed by atoms with Crippen LogP contribution >= 0.6 is 22.9 Å². The third-order valence-corrected chi connectivity index (χ3v) is 3.69. The molecule has 92 valence electrons. The van der Waals surface area contributed by atoms with Gasteiger partial charge in [-0.1, -0.05) is 24.9 Å². The van der Waals surface area contributed by atoms with Gasteiger partial charge >= 0.3 is 0 Å². The predicted molar refractivity (Wildman–Crippen MR) is 75.2 cm³/mol. The highest BCUT2D eigenvalue weighted by Gasteiger charge is 2.10. The average Bonchev–Trinajstić information content (AvgIpc) is 2.60. The first-order valence-electron chi connectivity index (χ1n) is 5.82. The summed E-state index contributed by atoms with van der Waals surface area (Å²) in [7, 11) is 0. The molecule has 0 aliphatic rings. The molecule has 3 nitrogen and oxygen atoms in total. The number of rotatable bonds is 4. The third kappa shape index (κ3) is 2.87. The number of thiophene rings is 1. The number of aromatic nitrogens is 2. The van der Waals surface area contributed by atoms with Gasteiger partial charge in [-0.3, -0.25) is 0 Å². The van der Waals surface area contributed by atoms with E-state index in [1.807, 2.05) is 0 Å². The van der Waals surface area contributed by atoms with Crippen molar-refractivity contribution in [2.24, 2.45) is 0 Å². The number of hydrogen-bond acceptors (Lipinski definition) is 4. The number of fused-ring (bicyclic) bond motifs is 1. The van der Waals surface area contributed by atoms with E-state index in [2.05, 4.69) is 42.1 Å². The van der Waals surface area contributed by atoms with Gasteiger partial charge in [-0.05, 0) is 26.3 Å². The third-order valence-electron chi connectivity index (χ3n) is 2.31. The summed E-state index contributed by atoms with van der Waals surface area (Å²) < 4.78 is 0. The van der Waals surface area contributed by atoms with E-state index in [0.717, 1.165) is 23.1 Å². The Bertz CT molecular complexity index is 522. The highest BCUT2D eigenvalue weighted by atomic mass is 35.5. The Kier molecular flexibility index (Phi) is 3.84. The molecule has 0 aromatic carbocycles. The fourth-order valence-corrected chi connectivity index (χ4v) is 3.04. The first-order chi connectivity index (χ1) is 8.10. The Morgan fingerprint density at radius 3 is 2.82 bits per heavy atom. The second kappa shape index (κ2) is 5.19. The summed E-state index contributed by atoms with van der Waals surface area (Å²) in [5, 5.41) is 4.68. The number of halogens is 1. The average molecular weight is 270 g/mol. The lowest BCUT2D eigenvalue weighted by atomic mass is 10.3. The van der Waals surface area contributed by atoms with Crippen molar-refractivity contribution in [1.29, 1.82) is 0 Å². The fraction of sp³-hybridized carbons (Fsp3) is 0.500. The Hall–Kier alpha value is -0.870. The lowest BCUT2D eigenvalue weighted by molar-refractivity contribution is 0.878. The van der Waals surface area contributed by atoms with E-state index in [0.29, 0.717) is 17.1 Å². The molecule has 0 radical (unpaired) electrons. The van der Waals surface area contributed by atoms with Gasteiger partial charge in [0, 0.05) is 16.3 Å². The minimum Gasteiger partial charge on any atom is -0.352 e. The van der Waals surface area contributed by atoms with E-state index in [4.69, 9.17) is 11.6 Å². The molecule has 0 amide bonds. The molecule has 1 N–H and O–H groups in total.